The van der Waals surface area contributed by atoms with Gasteiger partial charge < -0.3 is 72.9 Å². The average Bonchev–Trinajstić information content (AvgIpc) is 1.57. The Bertz CT molecular complexity index is 6320. The van der Waals surface area contributed by atoms with Crippen LogP contribution in [0.5, 0.6) is 0 Å². The van der Waals surface area contributed by atoms with Crippen LogP contribution in [0.3, 0.4) is 0 Å². The fraction of sp³-hybridized carbons (Fsp3) is 0.400. The van der Waals surface area contributed by atoms with E-state index >= 15 is 0 Å². The Kier molecular flexibility index (Phi) is 30.2. The zero-order valence-electron chi connectivity index (χ0n) is 75.7. The molecular formula is C100H107N21O17. The predicted octanol–water partition coefficient (Wildman–Crippen LogP) is 14.6. The Hall–Kier alpha value is -14.6. The third-order valence-electron chi connectivity index (χ3n) is 27.6. The molecule has 10 aromatic heterocycles. The molecule has 8 N–H and O–H groups in total. The minimum atomic E-state index is -0.249. The molecule has 9 aliphatic carbocycles. The zero-order valence-corrected chi connectivity index (χ0v) is 75.7. The van der Waals surface area contributed by atoms with E-state index in [2.05, 4.69) is 93.1 Å². The van der Waals surface area contributed by atoms with Crippen LogP contribution in [0.2, 0.25) is 0 Å². The molecule has 38 nitrogen and oxygen atoms in total. The van der Waals surface area contributed by atoms with Crippen molar-refractivity contribution in [3.8, 4) is 56.6 Å². The minimum Gasteiger partial charge on any atom is -0.422 e. The Morgan fingerprint density at radius 1 is 0.341 bits per heavy atom. The number of aliphatic hydroxyl groups excluding tert-OH is 5. The van der Waals surface area contributed by atoms with Crippen molar-refractivity contribution in [2.45, 2.75) is 216 Å². The maximum Gasteiger partial charge on any atom is 0.273 e. The standard InChI is InChI=1S/2C22H24N4O3.2C19H20N4O4.C18H19N5O3/c27-13-18-12-26(25-23-18)20-9-15-6-7-16(20)8-17(15)10-21(28)19-11-22(29-24-19)14-4-2-1-3-5-14;27-13-18-12-23-25-26(18)20-9-15-6-7-16(20)8-17(15)10-21(28)19-11-22(29-24-19)14-4-2-1-3-5-14;2*24-11-17-21-22-19(26-17)13-6-8-14(9-7-13)20-18(25)15-10-16(27-23-15)12-4-2-1-3-5-12;24-11-14-10-23(22-20-14)15-7-6-13(8-15)19-18(25)16-9-17(26-21-16)12-4-2-1-3-5-12/h2*1-5,11-12,15-17,20,27H,6-10,13H2;2*1-5,10,13-14,24H,6-9,11H2,(H,20,25);1-5,9-10,13,15,24H,6-8,11H2,(H,19,25). The highest BCUT2D eigenvalue weighted by Crippen LogP contribution is 2.53. The monoisotopic (exact) mass is 1870 g/mol. The smallest absolute Gasteiger partial charge is 0.273 e. The van der Waals surface area contributed by atoms with Crippen LogP contribution in [-0.2, 0) is 33.0 Å². The van der Waals surface area contributed by atoms with Crippen LogP contribution >= 0.6 is 0 Å². The molecule has 4 bridgehead atoms. The van der Waals surface area contributed by atoms with Gasteiger partial charge in [-0.15, -0.1) is 35.7 Å². The summed E-state index contributed by atoms with van der Waals surface area (Å²) in [6.45, 7) is -0.746. The minimum absolute atomic E-state index is 0.0429. The number of amides is 3. The Balaban J connectivity index is 0.000000115. The number of fused-ring (bicyclic) bond motifs is 6. The fourth-order valence-corrected chi connectivity index (χ4v) is 20.3. The molecule has 0 radical (unpaired) electrons. The van der Waals surface area contributed by atoms with Crippen LogP contribution in [0.4, 0.5) is 0 Å². The molecule has 15 aromatic rings. The lowest BCUT2D eigenvalue weighted by Crippen LogP contribution is -2.40. The van der Waals surface area contributed by atoms with E-state index in [1.165, 1.54) is 0 Å². The number of aliphatic hydroxyl groups is 5. The van der Waals surface area contributed by atoms with Gasteiger partial charge in [0.1, 0.15) is 36.0 Å². The topological polar surface area (TPSA) is 523 Å². The molecule has 9 saturated carbocycles. The Morgan fingerprint density at radius 3 is 1.06 bits per heavy atom. The molecule has 714 valence electrons. The summed E-state index contributed by atoms with van der Waals surface area (Å²) in [5.41, 5.74) is 8.09. The summed E-state index contributed by atoms with van der Waals surface area (Å²) in [5, 5.41) is 115. The number of Topliss-reactive ketones (excluding diaryl/α,β-unsaturated/α-hetero) is 2. The number of carbonyl (C=O) groups is 5. The van der Waals surface area contributed by atoms with Crippen molar-refractivity contribution in [2.24, 2.45) is 35.5 Å². The van der Waals surface area contributed by atoms with Gasteiger partial charge in [0.05, 0.1) is 62.2 Å². The van der Waals surface area contributed by atoms with Crippen LogP contribution in [0.15, 0.2) is 232 Å². The quantitative estimate of drug-likeness (QED) is 0.0222. The first-order valence-electron chi connectivity index (χ1n) is 47.1. The third kappa shape index (κ3) is 22.9. The van der Waals surface area contributed by atoms with Crippen molar-refractivity contribution < 1.29 is 81.0 Å². The van der Waals surface area contributed by atoms with Crippen molar-refractivity contribution in [2.75, 3.05) is 0 Å². The van der Waals surface area contributed by atoms with Crippen molar-refractivity contribution >= 4 is 29.3 Å². The van der Waals surface area contributed by atoms with Crippen LogP contribution < -0.4 is 16.0 Å². The predicted molar refractivity (Wildman–Crippen MR) is 491 cm³/mol. The van der Waals surface area contributed by atoms with E-state index in [4.69, 9.17) is 46.8 Å². The number of nitrogens with one attached hydrogen (secondary N) is 3. The molecule has 24 rings (SSSR count). The molecular weight excluding hydrogens is 1770 g/mol. The summed E-state index contributed by atoms with van der Waals surface area (Å²) in [6, 6.07) is 57.5. The second-order valence-corrected chi connectivity index (χ2v) is 36.3. The van der Waals surface area contributed by atoms with Crippen LogP contribution in [0, 0.1) is 35.5 Å². The molecule has 3 amide bonds. The molecule has 10 atom stereocenters. The van der Waals surface area contributed by atoms with Crippen molar-refractivity contribution in [3.63, 3.8) is 0 Å². The van der Waals surface area contributed by atoms with Crippen LogP contribution in [-0.4, -0.2) is 164 Å². The first-order chi connectivity index (χ1) is 67.6. The van der Waals surface area contributed by atoms with Crippen LogP contribution in [0.1, 0.15) is 258 Å². The molecule has 10 heterocycles. The number of ketones is 2. The Morgan fingerprint density at radius 2 is 0.696 bits per heavy atom. The van der Waals surface area contributed by atoms with Gasteiger partial charge in [-0.1, -0.05) is 193 Å². The lowest BCUT2D eigenvalue weighted by Gasteiger charge is -2.47. The van der Waals surface area contributed by atoms with Gasteiger partial charge in [0.15, 0.2) is 57.4 Å². The maximum absolute atomic E-state index is 12.9. The van der Waals surface area contributed by atoms with E-state index in [-0.39, 0.29) is 133 Å². The summed E-state index contributed by atoms with van der Waals surface area (Å²) in [7, 11) is 0. The zero-order chi connectivity index (χ0) is 94.8. The van der Waals surface area contributed by atoms with E-state index in [0.717, 1.165) is 156 Å². The normalized spacial score (nSPS) is 22.3. The van der Waals surface area contributed by atoms with E-state index in [1.54, 1.807) is 47.4 Å². The largest absolute Gasteiger partial charge is 0.422 e. The number of nitrogens with zero attached hydrogens (tertiary/aromatic N) is 18. The lowest BCUT2D eigenvalue weighted by molar-refractivity contribution is 0.0324. The van der Waals surface area contributed by atoms with Crippen molar-refractivity contribution in [1.82, 2.24) is 107 Å². The van der Waals surface area contributed by atoms with E-state index in [9.17, 15) is 34.2 Å². The summed E-state index contributed by atoms with van der Waals surface area (Å²) >= 11 is 0. The van der Waals surface area contributed by atoms with Gasteiger partial charge in [-0.2, -0.15) is 0 Å². The Labute approximate surface area is 791 Å². The lowest BCUT2D eigenvalue weighted by atomic mass is 9.61. The first kappa shape index (κ1) is 93.8. The highest BCUT2D eigenvalue weighted by atomic mass is 16.5. The number of rotatable bonds is 27. The van der Waals surface area contributed by atoms with E-state index in [0.29, 0.717) is 118 Å². The second-order valence-electron chi connectivity index (χ2n) is 36.3. The molecule has 0 saturated heterocycles. The van der Waals surface area contributed by atoms with Crippen molar-refractivity contribution in [3.05, 3.63) is 270 Å². The average molecular weight is 1880 g/mol. The molecule has 38 heteroatoms. The fourth-order valence-electron chi connectivity index (χ4n) is 20.3. The number of carbonyl (C=O) groups excluding carboxylic acids is 5. The molecule has 10 unspecified atom stereocenters. The highest BCUT2D eigenvalue weighted by molar-refractivity contribution is 5.97. The molecule has 9 fully saturated rings. The third-order valence-corrected chi connectivity index (χ3v) is 27.6. The summed E-state index contributed by atoms with van der Waals surface area (Å²) in [6.07, 6.45) is 24.1. The number of hydrogen-bond donors (Lipinski definition) is 8. The first-order valence-corrected chi connectivity index (χ1v) is 47.1. The summed E-state index contributed by atoms with van der Waals surface area (Å²) in [5.74, 6) is 7.05. The van der Waals surface area contributed by atoms with Gasteiger partial charge in [-0.05, 0) is 158 Å². The van der Waals surface area contributed by atoms with E-state index in [1.807, 2.05) is 167 Å². The van der Waals surface area contributed by atoms with Crippen LogP contribution in [0.25, 0.3) is 56.6 Å². The van der Waals surface area contributed by atoms with Crippen molar-refractivity contribution in [1.29, 1.82) is 0 Å². The number of aromatic nitrogens is 18. The SMILES string of the molecule is O=C(CC1CC2CCC1CC2n1cc(CO)nn1)c1cc(-c2ccccc2)on1.O=C(CC1CC2CCC1CC2n1nncc1CO)c1cc(-c2ccccc2)on1.O=C(NC1CCC(c2nnc(CO)o2)CC1)c1cc(-c2ccccc2)on1.O=C(NC1CCC(c2nnc(CO)o2)CC1)c1cc(-c2ccccc2)on1.O=C(NC1CCC(n2cc(CO)nn2)C1)c1cc(-c2ccccc2)on1. The van der Waals surface area contributed by atoms with Gasteiger partial charge in [-0.3, -0.25) is 24.0 Å². The second kappa shape index (κ2) is 44.5. The number of hydrogen-bond acceptors (Lipinski definition) is 32. The highest BCUT2D eigenvalue weighted by Gasteiger charge is 2.46. The molecule has 9 aliphatic rings. The van der Waals surface area contributed by atoms with Gasteiger partial charge in [0, 0.05) is 101 Å². The molecule has 0 aliphatic heterocycles. The number of benzene rings is 5. The van der Waals surface area contributed by atoms with Gasteiger partial charge in [0.2, 0.25) is 23.6 Å². The summed E-state index contributed by atoms with van der Waals surface area (Å²) in [4.78, 5) is 63.0. The van der Waals surface area contributed by atoms with Gasteiger partial charge in [0.25, 0.3) is 17.7 Å². The molecule has 5 aromatic carbocycles. The van der Waals surface area contributed by atoms with Gasteiger partial charge >= 0.3 is 0 Å². The molecule has 0 spiro atoms. The maximum atomic E-state index is 12.9. The van der Waals surface area contributed by atoms with E-state index < -0.39 is 0 Å². The summed E-state index contributed by atoms with van der Waals surface area (Å²) < 4.78 is 43.1. The molecule has 138 heavy (non-hydrogen) atoms. The van der Waals surface area contributed by atoms with Gasteiger partial charge in [-0.25, -0.2) is 14.0 Å².